The number of piperidine rings is 2. The van der Waals surface area contributed by atoms with Crippen LogP contribution >= 0.6 is 0 Å². The van der Waals surface area contributed by atoms with Crippen molar-refractivity contribution in [2.24, 2.45) is 17.8 Å². The second-order valence-electron chi connectivity index (χ2n) is 9.20. The molecule has 6 nitrogen and oxygen atoms in total. The molecule has 2 aliphatic heterocycles. The van der Waals surface area contributed by atoms with E-state index in [2.05, 4.69) is 24.1 Å². The third kappa shape index (κ3) is 6.73. The number of urea groups is 1. The zero-order valence-electron chi connectivity index (χ0n) is 18.7. The van der Waals surface area contributed by atoms with Crippen LogP contribution in [0.15, 0.2) is 24.3 Å². The number of esters is 1. The smallest absolute Gasteiger partial charge is 0.321 e. The molecular weight excluding hydrogens is 378 g/mol. The molecule has 2 heterocycles. The third-order valence-electron chi connectivity index (χ3n) is 6.22. The molecule has 0 aliphatic carbocycles. The molecule has 0 aromatic heterocycles. The average molecular weight is 416 g/mol. The lowest BCUT2D eigenvalue weighted by Crippen LogP contribution is -2.46. The van der Waals surface area contributed by atoms with E-state index in [9.17, 15) is 9.59 Å². The summed E-state index contributed by atoms with van der Waals surface area (Å²) in [4.78, 5) is 28.7. The Labute approximate surface area is 180 Å². The first kappa shape index (κ1) is 22.6. The molecule has 2 fully saturated rings. The molecule has 0 saturated carbocycles. The number of nitrogens with zero attached hydrogens (tertiary/aromatic N) is 2. The number of hydrogen-bond donors (Lipinski definition) is 1. The van der Waals surface area contributed by atoms with E-state index in [1.165, 1.54) is 26.1 Å². The van der Waals surface area contributed by atoms with Crippen LogP contribution in [0.3, 0.4) is 0 Å². The predicted octanol–water partition coefficient (Wildman–Crippen LogP) is 4.01. The summed E-state index contributed by atoms with van der Waals surface area (Å²) in [6.45, 7) is 12.2. The van der Waals surface area contributed by atoms with Crippen molar-refractivity contribution in [3.05, 3.63) is 29.8 Å². The highest BCUT2D eigenvalue weighted by atomic mass is 16.5. The van der Waals surface area contributed by atoms with Crippen molar-refractivity contribution in [2.45, 2.75) is 46.5 Å². The van der Waals surface area contributed by atoms with E-state index in [-0.39, 0.29) is 18.4 Å². The first-order valence-electron chi connectivity index (χ1n) is 11.5. The predicted molar refractivity (Wildman–Crippen MR) is 119 cm³/mol. The van der Waals surface area contributed by atoms with Gasteiger partial charge in [-0.25, -0.2) is 4.79 Å². The lowest BCUT2D eigenvalue weighted by Gasteiger charge is -2.39. The topological polar surface area (TPSA) is 61.9 Å². The van der Waals surface area contributed by atoms with Gasteiger partial charge in [0.1, 0.15) is 0 Å². The zero-order valence-corrected chi connectivity index (χ0v) is 18.7. The van der Waals surface area contributed by atoms with Gasteiger partial charge in [-0.05, 0) is 61.6 Å². The summed E-state index contributed by atoms with van der Waals surface area (Å²) in [6.07, 6.45) is 3.75. The summed E-state index contributed by atoms with van der Waals surface area (Å²) in [7, 11) is 0. The number of amides is 2. The summed E-state index contributed by atoms with van der Waals surface area (Å²) in [6, 6.07) is 7.38. The maximum Gasteiger partial charge on any atom is 0.321 e. The van der Waals surface area contributed by atoms with E-state index in [1.54, 1.807) is 6.92 Å². The van der Waals surface area contributed by atoms with E-state index < -0.39 is 0 Å². The van der Waals surface area contributed by atoms with Crippen LogP contribution in [0.4, 0.5) is 10.5 Å². The fraction of sp³-hybridized carbons (Fsp3) is 0.667. The monoisotopic (exact) mass is 415 g/mol. The second-order valence-corrected chi connectivity index (χ2v) is 9.20. The van der Waals surface area contributed by atoms with E-state index in [1.807, 2.05) is 29.2 Å². The molecular formula is C24H37N3O3. The van der Waals surface area contributed by atoms with E-state index in [0.717, 1.165) is 49.0 Å². The SMILES string of the molecule is CCOC(=O)Cc1ccc(NC(=O)N2CCC(CN3C[C@@H](C)C[C@H](C)C3)CC2)cc1. The van der Waals surface area contributed by atoms with Crippen molar-refractivity contribution < 1.29 is 14.3 Å². The maximum absolute atomic E-state index is 12.6. The summed E-state index contributed by atoms with van der Waals surface area (Å²) in [5.41, 5.74) is 1.64. The van der Waals surface area contributed by atoms with E-state index in [4.69, 9.17) is 4.74 Å². The van der Waals surface area contributed by atoms with Crippen molar-refractivity contribution in [1.29, 1.82) is 0 Å². The van der Waals surface area contributed by atoms with Crippen molar-refractivity contribution in [1.82, 2.24) is 9.80 Å². The van der Waals surface area contributed by atoms with Gasteiger partial charge < -0.3 is 19.9 Å². The highest BCUT2D eigenvalue weighted by molar-refractivity contribution is 5.89. The molecule has 2 saturated heterocycles. The van der Waals surface area contributed by atoms with Crippen LogP contribution in [-0.4, -0.2) is 61.1 Å². The van der Waals surface area contributed by atoms with E-state index >= 15 is 0 Å². The number of carbonyl (C=O) groups excluding carboxylic acids is 2. The van der Waals surface area contributed by atoms with Crippen LogP contribution < -0.4 is 5.32 Å². The molecule has 3 rings (SSSR count). The van der Waals surface area contributed by atoms with Crippen LogP contribution in [0, 0.1) is 17.8 Å². The molecule has 0 bridgehead atoms. The van der Waals surface area contributed by atoms with Crippen molar-refractivity contribution >= 4 is 17.7 Å². The van der Waals surface area contributed by atoms with Crippen LogP contribution in [-0.2, 0) is 16.0 Å². The minimum Gasteiger partial charge on any atom is -0.466 e. The fourth-order valence-corrected chi connectivity index (χ4v) is 4.91. The number of carbonyl (C=O) groups is 2. The normalized spacial score (nSPS) is 23.2. The first-order valence-corrected chi connectivity index (χ1v) is 11.5. The van der Waals surface area contributed by atoms with Crippen LogP contribution in [0.2, 0.25) is 0 Å². The number of benzene rings is 1. The highest BCUT2D eigenvalue weighted by Gasteiger charge is 2.27. The Bertz CT molecular complexity index is 688. The van der Waals surface area contributed by atoms with Gasteiger partial charge in [0.25, 0.3) is 0 Å². The highest BCUT2D eigenvalue weighted by Crippen LogP contribution is 2.25. The van der Waals surface area contributed by atoms with Crippen LogP contribution in [0.25, 0.3) is 0 Å². The molecule has 1 aromatic carbocycles. The molecule has 1 N–H and O–H groups in total. The standard InChI is InChI=1S/C24H37N3O3/c1-4-30-23(28)14-20-5-7-22(8-6-20)25-24(29)27-11-9-21(10-12-27)17-26-15-18(2)13-19(3)16-26/h5-8,18-19,21H,4,9-17H2,1-3H3,(H,25,29)/t18-,19-/m0/s1. The van der Waals surface area contributed by atoms with Crippen molar-refractivity contribution in [3.63, 3.8) is 0 Å². The molecule has 1 aromatic rings. The molecule has 0 spiro atoms. The quantitative estimate of drug-likeness (QED) is 0.713. The van der Waals surface area contributed by atoms with Crippen LogP contribution in [0.5, 0.6) is 0 Å². The van der Waals surface area contributed by atoms with Gasteiger partial charge in [0, 0.05) is 38.4 Å². The van der Waals surface area contributed by atoms with Crippen molar-refractivity contribution in [2.75, 3.05) is 44.6 Å². The fourth-order valence-electron chi connectivity index (χ4n) is 4.91. The molecule has 30 heavy (non-hydrogen) atoms. The number of rotatable bonds is 6. The van der Waals surface area contributed by atoms with Gasteiger partial charge in [-0.15, -0.1) is 0 Å². The van der Waals surface area contributed by atoms with Gasteiger partial charge in [0.05, 0.1) is 13.0 Å². The largest absolute Gasteiger partial charge is 0.466 e. The number of hydrogen-bond acceptors (Lipinski definition) is 4. The Balaban J connectivity index is 1.41. The Morgan fingerprint density at radius 2 is 1.70 bits per heavy atom. The molecule has 6 heteroatoms. The Kier molecular flexibility index (Phi) is 8.14. The van der Waals surface area contributed by atoms with Gasteiger partial charge in [0.15, 0.2) is 0 Å². The van der Waals surface area contributed by atoms with Gasteiger partial charge in [-0.3, -0.25) is 4.79 Å². The maximum atomic E-state index is 12.6. The lowest BCUT2D eigenvalue weighted by molar-refractivity contribution is -0.142. The second kappa shape index (κ2) is 10.8. The number of ether oxygens (including phenoxy) is 1. The Morgan fingerprint density at radius 1 is 1.07 bits per heavy atom. The van der Waals surface area contributed by atoms with Crippen molar-refractivity contribution in [3.8, 4) is 0 Å². The molecule has 0 radical (unpaired) electrons. The van der Waals surface area contributed by atoms with Gasteiger partial charge in [-0.2, -0.15) is 0 Å². The lowest BCUT2D eigenvalue weighted by atomic mass is 9.89. The average Bonchev–Trinajstić information content (AvgIpc) is 2.69. The van der Waals surface area contributed by atoms with Crippen LogP contribution in [0.1, 0.15) is 45.6 Å². The molecule has 2 atom stereocenters. The summed E-state index contributed by atoms with van der Waals surface area (Å²) >= 11 is 0. The van der Waals surface area contributed by atoms with Gasteiger partial charge >= 0.3 is 12.0 Å². The summed E-state index contributed by atoms with van der Waals surface area (Å²) < 4.78 is 4.97. The minimum atomic E-state index is -0.231. The Hall–Kier alpha value is -2.08. The van der Waals surface area contributed by atoms with Gasteiger partial charge in [-0.1, -0.05) is 26.0 Å². The van der Waals surface area contributed by atoms with E-state index in [0.29, 0.717) is 12.5 Å². The third-order valence-corrected chi connectivity index (χ3v) is 6.22. The summed E-state index contributed by atoms with van der Waals surface area (Å²) in [5.74, 6) is 2.05. The molecule has 2 aliphatic rings. The van der Waals surface area contributed by atoms with Gasteiger partial charge in [0.2, 0.25) is 0 Å². The summed E-state index contributed by atoms with van der Waals surface area (Å²) in [5, 5.41) is 2.99. The minimum absolute atomic E-state index is 0.0354. The molecule has 0 unspecified atom stereocenters. The Morgan fingerprint density at radius 3 is 2.30 bits per heavy atom. The first-order chi connectivity index (χ1) is 14.4. The molecule has 166 valence electrons. The zero-order chi connectivity index (χ0) is 21.5. The molecule has 2 amide bonds. The number of nitrogens with one attached hydrogen (secondary N) is 1. The number of likely N-dealkylation sites (tertiary alicyclic amines) is 2. The number of anilines is 1.